The van der Waals surface area contributed by atoms with Crippen molar-refractivity contribution in [2.45, 2.75) is 25.8 Å². The molecule has 0 saturated carbocycles. The van der Waals surface area contributed by atoms with Crippen LogP contribution in [0.15, 0.2) is 54.6 Å². The predicted molar refractivity (Wildman–Crippen MR) is 93.7 cm³/mol. The van der Waals surface area contributed by atoms with Crippen LogP contribution in [0.2, 0.25) is 5.02 Å². The molecule has 0 aliphatic rings. The van der Waals surface area contributed by atoms with Crippen molar-refractivity contribution in [3.05, 3.63) is 70.7 Å². The Balaban J connectivity index is 1.71. The molecule has 0 aliphatic carbocycles. The highest BCUT2D eigenvalue weighted by Crippen LogP contribution is 2.16. The van der Waals surface area contributed by atoms with Crippen LogP contribution >= 0.6 is 11.6 Å². The molecule has 5 heteroatoms. The molecule has 1 atom stereocenters. The molecule has 0 heterocycles. The molecule has 2 aromatic rings. The lowest BCUT2D eigenvalue weighted by Gasteiger charge is -2.14. The first-order valence-corrected chi connectivity index (χ1v) is 8.17. The molecule has 0 spiro atoms. The van der Waals surface area contributed by atoms with Gasteiger partial charge in [-0.1, -0.05) is 60.1 Å². The van der Waals surface area contributed by atoms with Crippen molar-refractivity contribution in [2.24, 2.45) is 0 Å². The van der Waals surface area contributed by atoms with Crippen LogP contribution < -0.4 is 5.32 Å². The summed E-state index contributed by atoms with van der Waals surface area (Å²) in [4.78, 5) is 23.6. The number of benzene rings is 2. The summed E-state index contributed by atoms with van der Waals surface area (Å²) in [6, 6.07) is 16.8. The van der Waals surface area contributed by atoms with E-state index in [4.69, 9.17) is 16.3 Å². The third kappa shape index (κ3) is 5.70. The Labute approximate surface area is 146 Å². The Morgan fingerprint density at radius 3 is 2.46 bits per heavy atom. The molecule has 1 N–H and O–H groups in total. The molecular formula is C19H20ClNO3. The standard InChI is InChI=1S/C19H20ClNO3/c1-14(15-7-3-2-4-8-15)21-18(22)13-24-19(23)12-11-16-9-5-6-10-17(16)20/h2-10,14H,11-13H2,1H3,(H,21,22)/t14-/m1/s1. The van der Waals surface area contributed by atoms with Gasteiger partial charge < -0.3 is 10.1 Å². The SMILES string of the molecule is C[C@@H](NC(=O)COC(=O)CCc1ccccc1Cl)c1ccccc1. The van der Waals surface area contributed by atoms with Gasteiger partial charge >= 0.3 is 5.97 Å². The van der Waals surface area contributed by atoms with E-state index in [0.717, 1.165) is 11.1 Å². The van der Waals surface area contributed by atoms with Crippen LogP contribution in [0, 0.1) is 0 Å². The quantitative estimate of drug-likeness (QED) is 0.778. The van der Waals surface area contributed by atoms with Gasteiger partial charge in [0.2, 0.25) is 0 Å². The summed E-state index contributed by atoms with van der Waals surface area (Å²) < 4.78 is 5.01. The fraction of sp³-hybridized carbons (Fsp3) is 0.263. The zero-order valence-electron chi connectivity index (χ0n) is 13.5. The minimum Gasteiger partial charge on any atom is -0.456 e. The lowest BCUT2D eigenvalue weighted by Crippen LogP contribution is -2.31. The highest BCUT2D eigenvalue weighted by molar-refractivity contribution is 6.31. The molecule has 0 radical (unpaired) electrons. The van der Waals surface area contributed by atoms with Crippen LogP contribution in [0.3, 0.4) is 0 Å². The van der Waals surface area contributed by atoms with Gasteiger partial charge in [-0.15, -0.1) is 0 Å². The van der Waals surface area contributed by atoms with Crippen LogP contribution in [-0.4, -0.2) is 18.5 Å². The van der Waals surface area contributed by atoms with E-state index in [1.807, 2.05) is 55.5 Å². The minimum absolute atomic E-state index is 0.138. The second-order valence-electron chi connectivity index (χ2n) is 5.45. The summed E-state index contributed by atoms with van der Waals surface area (Å²) in [5.41, 5.74) is 1.88. The molecule has 0 fully saturated rings. The monoisotopic (exact) mass is 345 g/mol. The maximum Gasteiger partial charge on any atom is 0.306 e. The van der Waals surface area contributed by atoms with Crippen molar-refractivity contribution in [3.8, 4) is 0 Å². The summed E-state index contributed by atoms with van der Waals surface area (Å²) in [5.74, 6) is -0.741. The number of hydrogen-bond acceptors (Lipinski definition) is 3. The Kier molecular flexibility index (Phi) is 6.82. The highest BCUT2D eigenvalue weighted by atomic mass is 35.5. The van der Waals surface area contributed by atoms with Crippen LogP contribution in [0.25, 0.3) is 0 Å². The molecule has 0 aliphatic heterocycles. The number of carbonyl (C=O) groups is 2. The van der Waals surface area contributed by atoms with Gasteiger partial charge in [-0.3, -0.25) is 9.59 Å². The van der Waals surface area contributed by atoms with E-state index in [9.17, 15) is 9.59 Å². The molecule has 0 unspecified atom stereocenters. The molecule has 2 rings (SSSR count). The van der Waals surface area contributed by atoms with Gasteiger partial charge in [0.25, 0.3) is 5.91 Å². The summed E-state index contributed by atoms with van der Waals surface area (Å²) in [5, 5.41) is 3.42. The first-order valence-electron chi connectivity index (χ1n) is 7.79. The Bertz CT molecular complexity index is 688. The average molecular weight is 346 g/mol. The van der Waals surface area contributed by atoms with Gasteiger partial charge in [0.05, 0.1) is 6.04 Å². The van der Waals surface area contributed by atoms with Crippen LogP contribution in [0.4, 0.5) is 0 Å². The van der Waals surface area contributed by atoms with E-state index in [-0.39, 0.29) is 25.0 Å². The summed E-state index contributed by atoms with van der Waals surface area (Å²) in [6.07, 6.45) is 0.672. The van der Waals surface area contributed by atoms with E-state index >= 15 is 0 Å². The topological polar surface area (TPSA) is 55.4 Å². The van der Waals surface area contributed by atoms with Gasteiger partial charge in [-0.25, -0.2) is 0 Å². The van der Waals surface area contributed by atoms with Crippen molar-refractivity contribution in [2.75, 3.05) is 6.61 Å². The van der Waals surface area contributed by atoms with E-state index in [0.29, 0.717) is 11.4 Å². The number of amides is 1. The molecule has 0 bridgehead atoms. The van der Waals surface area contributed by atoms with Crippen LogP contribution in [-0.2, 0) is 20.7 Å². The summed E-state index contributed by atoms with van der Waals surface area (Å²) >= 11 is 6.03. The van der Waals surface area contributed by atoms with E-state index in [2.05, 4.69) is 5.32 Å². The minimum atomic E-state index is -0.419. The number of nitrogens with one attached hydrogen (secondary N) is 1. The number of rotatable bonds is 7. The Morgan fingerprint density at radius 1 is 1.08 bits per heavy atom. The van der Waals surface area contributed by atoms with Gasteiger partial charge in [0.1, 0.15) is 0 Å². The smallest absolute Gasteiger partial charge is 0.306 e. The first-order chi connectivity index (χ1) is 11.6. The van der Waals surface area contributed by atoms with Gasteiger partial charge in [0.15, 0.2) is 6.61 Å². The van der Waals surface area contributed by atoms with Gasteiger partial charge in [-0.05, 0) is 30.5 Å². The third-order valence-electron chi connectivity index (χ3n) is 3.60. The molecule has 2 aromatic carbocycles. The first kappa shape index (κ1) is 18.0. The molecule has 0 aromatic heterocycles. The summed E-state index contributed by atoms with van der Waals surface area (Å²) in [7, 11) is 0. The highest BCUT2D eigenvalue weighted by Gasteiger charge is 2.12. The zero-order valence-corrected chi connectivity index (χ0v) is 14.3. The van der Waals surface area contributed by atoms with Crippen molar-refractivity contribution < 1.29 is 14.3 Å². The third-order valence-corrected chi connectivity index (χ3v) is 3.97. The molecule has 4 nitrogen and oxygen atoms in total. The molecule has 0 saturated heterocycles. The summed E-state index contributed by atoms with van der Waals surface area (Å²) in [6.45, 7) is 1.60. The Morgan fingerprint density at radius 2 is 1.75 bits per heavy atom. The van der Waals surface area contributed by atoms with Crippen LogP contribution in [0.1, 0.15) is 30.5 Å². The van der Waals surface area contributed by atoms with E-state index < -0.39 is 5.97 Å². The van der Waals surface area contributed by atoms with Crippen LogP contribution in [0.5, 0.6) is 0 Å². The second-order valence-corrected chi connectivity index (χ2v) is 5.86. The Hall–Kier alpha value is -2.33. The average Bonchev–Trinajstić information content (AvgIpc) is 2.60. The van der Waals surface area contributed by atoms with Crippen molar-refractivity contribution >= 4 is 23.5 Å². The molecular weight excluding hydrogens is 326 g/mol. The van der Waals surface area contributed by atoms with Gasteiger partial charge in [-0.2, -0.15) is 0 Å². The van der Waals surface area contributed by atoms with Gasteiger partial charge in [0, 0.05) is 11.4 Å². The predicted octanol–water partition coefficient (Wildman–Crippen LogP) is 3.69. The fourth-order valence-electron chi connectivity index (χ4n) is 2.26. The fourth-order valence-corrected chi connectivity index (χ4v) is 2.49. The second kappa shape index (κ2) is 9.08. The number of halogens is 1. The normalized spacial score (nSPS) is 11.6. The van der Waals surface area contributed by atoms with Crippen molar-refractivity contribution in [1.29, 1.82) is 0 Å². The lowest BCUT2D eigenvalue weighted by atomic mass is 10.1. The van der Waals surface area contributed by atoms with Crippen molar-refractivity contribution in [1.82, 2.24) is 5.32 Å². The number of aryl methyl sites for hydroxylation is 1. The number of esters is 1. The number of carbonyl (C=O) groups excluding carboxylic acids is 2. The maximum absolute atomic E-state index is 11.9. The lowest BCUT2D eigenvalue weighted by molar-refractivity contribution is -0.148. The maximum atomic E-state index is 11.9. The molecule has 126 valence electrons. The zero-order chi connectivity index (χ0) is 17.4. The molecule has 24 heavy (non-hydrogen) atoms. The van der Waals surface area contributed by atoms with Crippen molar-refractivity contribution in [3.63, 3.8) is 0 Å². The van der Waals surface area contributed by atoms with E-state index in [1.54, 1.807) is 6.07 Å². The number of ether oxygens (including phenoxy) is 1. The molecule has 1 amide bonds. The largest absolute Gasteiger partial charge is 0.456 e. The van der Waals surface area contributed by atoms with E-state index in [1.165, 1.54) is 0 Å². The number of hydrogen-bond donors (Lipinski definition) is 1.